The van der Waals surface area contributed by atoms with E-state index in [0.717, 1.165) is 53.9 Å². The highest BCUT2D eigenvalue weighted by molar-refractivity contribution is 5.79. The van der Waals surface area contributed by atoms with E-state index in [0.29, 0.717) is 13.2 Å². The smallest absolute Gasteiger partial charge is 0.191 e. The van der Waals surface area contributed by atoms with Gasteiger partial charge in [-0.15, -0.1) is 0 Å². The van der Waals surface area contributed by atoms with Crippen molar-refractivity contribution in [2.24, 2.45) is 4.99 Å². The summed E-state index contributed by atoms with van der Waals surface area (Å²) in [4.78, 5) is 8.94. The molecule has 7 nitrogen and oxygen atoms in total. The third kappa shape index (κ3) is 5.23. The van der Waals surface area contributed by atoms with Crippen molar-refractivity contribution >= 4 is 17.0 Å². The minimum absolute atomic E-state index is 0.610. The van der Waals surface area contributed by atoms with Crippen LogP contribution in [0.4, 0.5) is 0 Å². The third-order valence-electron chi connectivity index (χ3n) is 4.91. The lowest BCUT2D eigenvalue weighted by atomic mass is 10.2. The molecule has 0 unspecified atom stereocenters. The Morgan fingerprint density at radius 3 is 2.73 bits per heavy atom. The van der Waals surface area contributed by atoms with E-state index in [9.17, 15) is 0 Å². The van der Waals surface area contributed by atoms with Crippen LogP contribution in [0.1, 0.15) is 24.7 Å². The summed E-state index contributed by atoms with van der Waals surface area (Å²) in [5, 5.41) is 6.73. The second kappa shape index (κ2) is 10.5. The molecule has 0 atom stereocenters. The van der Waals surface area contributed by atoms with Gasteiger partial charge in [0, 0.05) is 26.7 Å². The van der Waals surface area contributed by atoms with Crippen LogP contribution in [0.25, 0.3) is 11.0 Å². The van der Waals surface area contributed by atoms with Crippen molar-refractivity contribution in [3.8, 4) is 11.5 Å². The van der Waals surface area contributed by atoms with Crippen LogP contribution in [0.5, 0.6) is 11.5 Å². The fourth-order valence-electron chi connectivity index (χ4n) is 3.43. The first-order chi connectivity index (χ1) is 14.7. The number of benzene rings is 2. The standard InChI is InChI=1S/C23H31N5O2/c1-5-30-21-12-11-18(15-22(21)29-4)16-26-23(24-3)25-13-8-14-28-17(2)27-19-9-6-7-10-20(19)28/h6-7,9-12,15H,5,8,13-14,16H2,1-4H3,(H2,24,25,26). The molecule has 0 aliphatic heterocycles. The van der Waals surface area contributed by atoms with Gasteiger partial charge in [0.1, 0.15) is 5.82 Å². The van der Waals surface area contributed by atoms with E-state index in [4.69, 9.17) is 9.47 Å². The van der Waals surface area contributed by atoms with Crippen LogP contribution in [0.15, 0.2) is 47.5 Å². The summed E-state index contributed by atoms with van der Waals surface area (Å²) >= 11 is 0. The second-order valence-corrected chi connectivity index (χ2v) is 6.92. The van der Waals surface area contributed by atoms with Gasteiger partial charge in [0.15, 0.2) is 17.5 Å². The van der Waals surface area contributed by atoms with Gasteiger partial charge in [-0.1, -0.05) is 18.2 Å². The van der Waals surface area contributed by atoms with Gasteiger partial charge < -0.3 is 24.7 Å². The zero-order chi connectivity index (χ0) is 21.3. The SMILES string of the molecule is CCOc1ccc(CNC(=NC)NCCCn2c(C)nc3ccccc32)cc1OC. The Hall–Kier alpha value is -3.22. The third-order valence-corrected chi connectivity index (χ3v) is 4.91. The average Bonchev–Trinajstić information content (AvgIpc) is 3.09. The number of ether oxygens (including phenoxy) is 2. The zero-order valence-corrected chi connectivity index (χ0v) is 18.2. The summed E-state index contributed by atoms with van der Waals surface area (Å²) in [6.45, 7) is 7.00. The molecule has 0 spiro atoms. The number of para-hydroxylation sites is 2. The lowest BCUT2D eigenvalue weighted by molar-refractivity contribution is 0.310. The summed E-state index contributed by atoms with van der Waals surface area (Å²) in [5.41, 5.74) is 3.33. The molecule has 1 heterocycles. The Balaban J connectivity index is 1.49. The number of imidazole rings is 1. The fraction of sp³-hybridized carbons (Fsp3) is 0.391. The molecule has 2 N–H and O–H groups in total. The fourth-order valence-corrected chi connectivity index (χ4v) is 3.43. The molecule has 3 rings (SSSR count). The number of guanidine groups is 1. The Bertz CT molecular complexity index is 996. The van der Waals surface area contributed by atoms with E-state index >= 15 is 0 Å². The Morgan fingerprint density at radius 1 is 1.13 bits per heavy atom. The van der Waals surface area contributed by atoms with Crippen molar-refractivity contribution < 1.29 is 9.47 Å². The minimum atomic E-state index is 0.610. The van der Waals surface area contributed by atoms with Gasteiger partial charge in [-0.3, -0.25) is 4.99 Å². The molecule has 0 saturated heterocycles. The van der Waals surface area contributed by atoms with Gasteiger partial charge in [0.25, 0.3) is 0 Å². The molecule has 7 heteroatoms. The van der Waals surface area contributed by atoms with Crippen molar-refractivity contribution in [1.82, 2.24) is 20.2 Å². The zero-order valence-electron chi connectivity index (χ0n) is 18.2. The van der Waals surface area contributed by atoms with Gasteiger partial charge in [0.2, 0.25) is 0 Å². The molecule has 0 aliphatic carbocycles. The van der Waals surface area contributed by atoms with Crippen LogP contribution in [-0.2, 0) is 13.1 Å². The van der Waals surface area contributed by atoms with E-state index in [-0.39, 0.29) is 0 Å². The predicted octanol–water partition coefficient (Wildman–Crippen LogP) is 3.51. The van der Waals surface area contributed by atoms with Crippen LogP contribution in [0, 0.1) is 6.92 Å². The first-order valence-electron chi connectivity index (χ1n) is 10.3. The van der Waals surface area contributed by atoms with E-state index in [2.05, 4.69) is 50.3 Å². The van der Waals surface area contributed by atoms with Gasteiger partial charge in [-0.25, -0.2) is 4.98 Å². The highest BCUT2D eigenvalue weighted by atomic mass is 16.5. The molecule has 3 aromatic rings. The highest BCUT2D eigenvalue weighted by Crippen LogP contribution is 2.27. The minimum Gasteiger partial charge on any atom is -0.493 e. The van der Waals surface area contributed by atoms with Gasteiger partial charge in [-0.05, 0) is 50.1 Å². The Kier molecular flexibility index (Phi) is 7.54. The van der Waals surface area contributed by atoms with Gasteiger partial charge in [-0.2, -0.15) is 0 Å². The average molecular weight is 410 g/mol. The van der Waals surface area contributed by atoms with E-state index < -0.39 is 0 Å². The maximum absolute atomic E-state index is 5.57. The molecule has 2 aromatic carbocycles. The number of methoxy groups -OCH3 is 1. The lowest BCUT2D eigenvalue weighted by Crippen LogP contribution is -2.37. The molecule has 1 aromatic heterocycles. The normalized spacial score (nSPS) is 11.5. The number of nitrogens with one attached hydrogen (secondary N) is 2. The number of rotatable bonds is 9. The van der Waals surface area contributed by atoms with Gasteiger partial charge >= 0.3 is 0 Å². The number of hydrogen-bond donors (Lipinski definition) is 2. The number of nitrogens with zero attached hydrogens (tertiary/aromatic N) is 3. The quantitative estimate of drug-likeness (QED) is 0.321. The number of hydrogen-bond acceptors (Lipinski definition) is 4. The summed E-state index contributed by atoms with van der Waals surface area (Å²) in [5.74, 6) is 3.31. The summed E-state index contributed by atoms with van der Waals surface area (Å²) in [6.07, 6.45) is 0.971. The van der Waals surface area contributed by atoms with Crippen LogP contribution in [-0.4, -0.2) is 42.8 Å². The van der Waals surface area contributed by atoms with E-state index in [1.807, 2.05) is 31.2 Å². The van der Waals surface area contributed by atoms with Crippen LogP contribution in [0.2, 0.25) is 0 Å². The molecular formula is C23H31N5O2. The van der Waals surface area contributed by atoms with Crippen LogP contribution < -0.4 is 20.1 Å². The van der Waals surface area contributed by atoms with E-state index in [1.54, 1.807) is 14.2 Å². The Morgan fingerprint density at radius 2 is 1.97 bits per heavy atom. The molecule has 0 aliphatic rings. The van der Waals surface area contributed by atoms with Crippen molar-refractivity contribution in [2.45, 2.75) is 33.4 Å². The monoisotopic (exact) mass is 409 g/mol. The van der Waals surface area contributed by atoms with Crippen molar-refractivity contribution in [1.29, 1.82) is 0 Å². The molecule has 30 heavy (non-hydrogen) atoms. The molecule has 0 saturated carbocycles. The number of fused-ring (bicyclic) bond motifs is 1. The van der Waals surface area contributed by atoms with Crippen molar-refractivity contribution in [3.63, 3.8) is 0 Å². The van der Waals surface area contributed by atoms with E-state index in [1.165, 1.54) is 5.52 Å². The number of aryl methyl sites for hydroxylation is 2. The molecule has 0 radical (unpaired) electrons. The lowest BCUT2D eigenvalue weighted by Gasteiger charge is -2.14. The number of aromatic nitrogens is 2. The maximum Gasteiger partial charge on any atom is 0.191 e. The van der Waals surface area contributed by atoms with Crippen LogP contribution in [0.3, 0.4) is 0 Å². The molecule has 0 fully saturated rings. The molecule has 0 amide bonds. The van der Waals surface area contributed by atoms with Crippen molar-refractivity contribution in [2.75, 3.05) is 27.3 Å². The maximum atomic E-state index is 5.57. The summed E-state index contributed by atoms with van der Waals surface area (Å²) in [7, 11) is 3.43. The topological polar surface area (TPSA) is 72.7 Å². The number of aliphatic imine (C=N–C) groups is 1. The second-order valence-electron chi connectivity index (χ2n) is 6.92. The predicted molar refractivity (Wildman–Crippen MR) is 121 cm³/mol. The first kappa shape index (κ1) is 21.5. The summed E-state index contributed by atoms with van der Waals surface area (Å²) < 4.78 is 13.3. The molecule has 160 valence electrons. The molecular weight excluding hydrogens is 378 g/mol. The Labute approximate surface area is 178 Å². The summed E-state index contributed by atoms with van der Waals surface area (Å²) in [6, 6.07) is 14.2. The first-order valence-corrected chi connectivity index (χ1v) is 10.3. The molecule has 0 bridgehead atoms. The van der Waals surface area contributed by atoms with Crippen LogP contribution >= 0.6 is 0 Å². The van der Waals surface area contributed by atoms with Crippen molar-refractivity contribution in [3.05, 3.63) is 53.9 Å². The van der Waals surface area contributed by atoms with Gasteiger partial charge in [0.05, 0.1) is 24.8 Å². The highest BCUT2D eigenvalue weighted by Gasteiger charge is 2.07. The largest absolute Gasteiger partial charge is 0.493 e.